The average Bonchev–Trinajstić information content (AvgIpc) is 1.84. The number of thiol groups is 1. The fourth-order valence-electron chi connectivity index (χ4n) is 0.803. The topological polar surface area (TPSA) is 9.23 Å². The molecular formula is C7H18OS2Si. The monoisotopic (exact) mass is 210 g/mol. The van der Waals surface area contributed by atoms with E-state index in [4.69, 9.17) is 4.74 Å². The molecule has 0 aliphatic heterocycles. The third-order valence-electron chi connectivity index (χ3n) is 1.36. The summed E-state index contributed by atoms with van der Waals surface area (Å²) >= 11 is 4.22. The largest absolute Gasteiger partial charge is 0.363 e. The predicted molar refractivity (Wildman–Crippen MR) is 60.4 cm³/mol. The van der Waals surface area contributed by atoms with E-state index in [1.165, 1.54) is 10.8 Å². The molecule has 1 unspecified atom stereocenters. The Labute approximate surface area is 81.9 Å². The standard InChI is InChI=1S/C7H18OS2Si/c1-5-7(11,10-9)8-6(2,3)4/h9H,5H2,1-4,11H3. The lowest BCUT2D eigenvalue weighted by Crippen LogP contribution is -2.36. The summed E-state index contributed by atoms with van der Waals surface area (Å²) < 4.78 is 5.86. The molecule has 0 aromatic rings. The minimum absolute atomic E-state index is 0.0125. The molecule has 0 aromatic heterocycles. The van der Waals surface area contributed by atoms with Gasteiger partial charge >= 0.3 is 0 Å². The molecule has 68 valence electrons. The van der Waals surface area contributed by atoms with Crippen LogP contribution in [0.5, 0.6) is 0 Å². The Bertz CT molecular complexity index is 118. The summed E-state index contributed by atoms with van der Waals surface area (Å²) in [7, 11) is 2.55. The second kappa shape index (κ2) is 4.21. The SMILES string of the molecule is CCC([SiH3])(OC(C)(C)C)SS. The lowest BCUT2D eigenvalue weighted by Gasteiger charge is -2.34. The molecule has 0 rings (SSSR count). The number of hydrogen-bond acceptors (Lipinski definition) is 3. The summed E-state index contributed by atoms with van der Waals surface area (Å²) in [4.78, 5) is 0. The molecule has 0 spiro atoms. The van der Waals surface area contributed by atoms with Crippen LogP contribution in [-0.2, 0) is 4.74 Å². The lowest BCUT2D eigenvalue weighted by molar-refractivity contribution is -0.0405. The van der Waals surface area contributed by atoms with Gasteiger partial charge in [-0.2, -0.15) is 0 Å². The molecule has 0 amide bonds. The fourth-order valence-corrected chi connectivity index (χ4v) is 2.33. The van der Waals surface area contributed by atoms with Gasteiger partial charge < -0.3 is 4.74 Å². The van der Waals surface area contributed by atoms with Gasteiger partial charge in [0.1, 0.15) is 4.56 Å². The molecule has 0 heterocycles. The maximum Gasteiger partial charge on any atom is 0.101 e. The zero-order chi connectivity index (χ0) is 9.12. The van der Waals surface area contributed by atoms with E-state index in [-0.39, 0.29) is 10.2 Å². The van der Waals surface area contributed by atoms with Crippen molar-refractivity contribution >= 4 is 32.7 Å². The van der Waals surface area contributed by atoms with Crippen molar-refractivity contribution in [1.82, 2.24) is 0 Å². The van der Waals surface area contributed by atoms with E-state index in [0.717, 1.165) is 16.7 Å². The van der Waals surface area contributed by atoms with Crippen LogP contribution in [0.2, 0.25) is 0 Å². The highest BCUT2D eigenvalue weighted by Gasteiger charge is 2.27. The molecule has 0 N–H and O–H groups in total. The van der Waals surface area contributed by atoms with E-state index < -0.39 is 0 Å². The van der Waals surface area contributed by atoms with Crippen molar-refractivity contribution in [1.29, 1.82) is 0 Å². The quantitative estimate of drug-likeness (QED) is 0.329. The van der Waals surface area contributed by atoms with Crippen LogP contribution in [0, 0.1) is 0 Å². The van der Waals surface area contributed by atoms with Crippen molar-refractivity contribution in [3.05, 3.63) is 0 Å². The van der Waals surface area contributed by atoms with Crippen LogP contribution in [0.25, 0.3) is 0 Å². The van der Waals surface area contributed by atoms with E-state index in [0.29, 0.717) is 0 Å². The van der Waals surface area contributed by atoms with Gasteiger partial charge in [0.25, 0.3) is 0 Å². The van der Waals surface area contributed by atoms with Crippen molar-refractivity contribution in [2.24, 2.45) is 0 Å². The molecule has 4 heteroatoms. The first-order valence-electron chi connectivity index (χ1n) is 3.86. The molecule has 1 nitrogen and oxygen atoms in total. The molecular weight excluding hydrogens is 192 g/mol. The maximum atomic E-state index is 5.87. The Morgan fingerprint density at radius 1 is 1.45 bits per heavy atom. The predicted octanol–water partition coefficient (Wildman–Crippen LogP) is 1.81. The van der Waals surface area contributed by atoms with Gasteiger partial charge in [-0.15, -0.1) is 11.7 Å². The van der Waals surface area contributed by atoms with Gasteiger partial charge in [0, 0.05) is 0 Å². The second-order valence-electron chi connectivity index (χ2n) is 3.79. The van der Waals surface area contributed by atoms with Gasteiger partial charge in [-0.3, -0.25) is 0 Å². The number of ether oxygens (including phenoxy) is 1. The molecule has 0 saturated heterocycles. The minimum Gasteiger partial charge on any atom is -0.363 e. The Balaban J connectivity index is 4.08. The van der Waals surface area contributed by atoms with Gasteiger partial charge in [-0.25, -0.2) is 0 Å². The molecule has 11 heavy (non-hydrogen) atoms. The van der Waals surface area contributed by atoms with Crippen molar-refractivity contribution in [2.45, 2.75) is 44.3 Å². The van der Waals surface area contributed by atoms with E-state index in [9.17, 15) is 0 Å². The second-order valence-corrected chi connectivity index (χ2v) is 7.73. The van der Waals surface area contributed by atoms with Gasteiger partial charge in [0.2, 0.25) is 0 Å². The first kappa shape index (κ1) is 11.9. The van der Waals surface area contributed by atoms with Gasteiger partial charge in [-0.1, -0.05) is 17.7 Å². The highest BCUT2D eigenvalue weighted by molar-refractivity contribution is 8.69. The van der Waals surface area contributed by atoms with Crippen molar-refractivity contribution in [3.63, 3.8) is 0 Å². The van der Waals surface area contributed by atoms with Crippen molar-refractivity contribution < 1.29 is 4.74 Å². The zero-order valence-electron chi connectivity index (χ0n) is 7.97. The Hall–Kier alpha value is 0.877. The third-order valence-corrected chi connectivity index (χ3v) is 5.83. The Kier molecular flexibility index (Phi) is 4.54. The lowest BCUT2D eigenvalue weighted by atomic mass is 10.2. The Morgan fingerprint density at radius 3 is 2.00 bits per heavy atom. The van der Waals surface area contributed by atoms with Gasteiger partial charge in [0.05, 0.1) is 15.8 Å². The summed E-state index contributed by atoms with van der Waals surface area (Å²) in [6.07, 6.45) is 1.03. The normalized spacial score (nSPS) is 18.3. The summed E-state index contributed by atoms with van der Waals surface area (Å²) in [6.45, 7) is 8.39. The van der Waals surface area contributed by atoms with Crippen LogP contribution in [0.4, 0.5) is 0 Å². The molecule has 0 bridgehead atoms. The van der Waals surface area contributed by atoms with Crippen LogP contribution in [-0.4, -0.2) is 20.4 Å². The zero-order valence-corrected chi connectivity index (χ0v) is 11.7. The first-order valence-corrected chi connectivity index (χ1v) is 6.72. The summed E-state index contributed by atoms with van der Waals surface area (Å²) in [6, 6.07) is 0. The molecule has 0 aliphatic rings. The van der Waals surface area contributed by atoms with Crippen LogP contribution in [0.3, 0.4) is 0 Å². The Morgan fingerprint density at radius 2 is 1.91 bits per heavy atom. The smallest absolute Gasteiger partial charge is 0.101 e. The van der Waals surface area contributed by atoms with E-state index in [2.05, 4.69) is 39.4 Å². The minimum atomic E-state index is -0.0481. The van der Waals surface area contributed by atoms with Crippen molar-refractivity contribution in [2.75, 3.05) is 0 Å². The number of rotatable bonds is 3. The molecule has 0 aliphatic carbocycles. The highest BCUT2D eigenvalue weighted by atomic mass is 33.1. The summed E-state index contributed by atoms with van der Waals surface area (Å²) in [5, 5.41) is 0. The van der Waals surface area contributed by atoms with Crippen LogP contribution in [0.1, 0.15) is 34.1 Å². The molecule has 0 saturated carbocycles. The van der Waals surface area contributed by atoms with Crippen LogP contribution in [0.15, 0.2) is 0 Å². The molecule has 1 atom stereocenters. The number of hydrogen-bond donors (Lipinski definition) is 1. The fraction of sp³-hybridized carbons (Fsp3) is 1.00. The maximum absolute atomic E-state index is 5.87. The van der Waals surface area contributed by atoms with Crippen LogP contribution >= 0.6 is 22.5 Å². The van der Waals surface area contributed by atoms with E-state index >= 15 is 0 Å². The molecule has 0 fully saturated rings. The van der Waals surface area contributed by atoms with Gasteiger partial charge in [0.15, 0.2) is 0 Å². The van der Waals surface area contributed by atoms with Crippen molar-refractivity contribution in [3.8, 4) is 0 Å². The summed E-state index contributed by atoms with van der Waals surface area (Å²) in [5.74, 6) is 0. The molecule has 0 aromatic carbocycles. The molecule has 0 radical (unpaired) electrons. The summed E-state index contributed by atoms with van der Waals surface area (Å²) in [5.41, 5.74) is -0.0481. The van der Waals surface area contributed by atoms with Gasteiger partial charge in [-0.05, 0) is 27.2 Å². The van der Waals surface area contributed by atoms with E-state index in [1.807, 2.05) is 0 Å². The third kappa shape index (κ3) is 5.17. The average molecular weight is 210 g/mol. The highest BCUT2D eigenvalue weighted by Crippen LogP contribution is 2.33. The first-order chi connectivity index (χ1) is 4.83. The van der Waals surface area contributed by atoms with Crippen LogP contribution < -0.4 is 0 Å². The van der Waals surface area contributed by atoms with E-state index in [1.54, 1.807) is 0 Å².